The summed E-state index contributed by atoms with van der Waals surface area (Å²) < 4.78 is 8.49. The molecule has 1 saturated heterocycles. The SMILES string of the molecule is [2H]C1C(c2ccc(N)cc2)CCN1c1ccc(N)cc1. The van der Waals surface area contributed by atoms with E-state index in [2.05, 4.69) is 4.90 Å². The zero-order valence-corrected chi connectivity index (χ0v) is 10.8. The molecule has 0 amide bonds. The fourth-order valence-electron chi connectivity index (χ4n) is 2.52. The van der Waals surface area contributed by atoms with Crippen molar-refractivity contribution in [2.75, 3.05) is 29.4 Å². The predicted molar refractivity (Wildman–Crippen MR) is 81.3 cm³/mol. The van der Waals surface area contributed by atoms with Crippen LogP contribution in [0.1, 0.15) is 19.3 Å². The molecule has 4 N–H and O–H groups in total. The molecule has 0 spiro atoms. The third kappa shape index (κ3) is 2.50. The summed E-state index contributed by atoms with van der Waals surface area (Å²) in [5.74, 6) is 0.230. The van der Waals surface area contributed by atoms with E-state index in [0.717, 1.165) is 30.0 Å². The summed E-state index contributed by atoms with van der Waals surface area (Å²) in [5.41, 5.74) is 15.2. The Morgan fingerprint density at radius 3 is 2.16 bits per heavy atom. The minimum absolute atomic E-state index is 0.230. The van der Waals surface area contributed by atoms with Gasteiger partial charge in [-0.2, -0.15) is 0 Å². The van der Waals surface area contributed by atoms with Crippen molar-refractivity contribution in [1.82, 2.24) is 0 Å². The number of nitrogens with zero attached hydrogens (tertiary/aromatic N) is 1. The standard InChI is InChI=1S/C16H19N3/c17-14-3-1-12(2-4-14)13-9-10-19(11-13)16-7-5-15(18)6-8-16/h1-8,13H,9-11,17-18H2/i11D. The number of rotatable bonds is 2. The molecule has 0 bridgehead atoms. The highest BCUT2D eigenvalue weighted by atomic mass is 15.1. The first kappa shape index (κ1) is 10.7. The number of benzene rings is 2. The van der Waals surface area contributed by atoms with Crippen molar-refractivity contribution in [1.29, 1.82) is 0 Å². The Balaban J connectivity index is 1.81. The number of hydrogen-bond donors (Lipinski definition) is 2. The van der Waals surface area contributed by atoms with E-state index in [9.17, 15) is 0 Å². The lowest BCUT2D eigenvalue weighted by atomic mass is 9.98. The second-order valence-corrected chi connectivity index (χ2v) is 5.00. The lowest BCUT2D eigenvalue weighted by molar-refractivity contribution is 0.775. The van der Waals surface area contributed by atoms with Crippen LogP contribution in [0, 0.1) is 0 Å². The maximum Gasteiger partial charge on any atom is 0.0499 e. The van der Waals surface area contributed by atoms with Crippen LogP contribution in [0.5, 0.6) is 0 Å². The molecule has 3 heteroatoms. The van der Waals surface area contributed by atoms with E-state index in [1.54, 1.807) is 0 Å². The fraction of sp³-hybridized carbons (Fsp3) is 0.250. The van der Waals surface area contributed by atoms with Gasteiger partial charge in [-0.05, 0) is 48.4 Å². The Morgan fingerprint density at radius 1 is 0.947 bits per heavy atom. The highest BCUT2D eigenvalue weighted by Gasteiger charge is 2.23. The van der Waals surface area contributed by atoms with Gasteiger partial charge in [-0.1, -0.05) is 12.1 Å². The molecular formula is C16H19N3. The van der Waals surface area contributed by atoms with E-state index in [-0.39, 0.29) is 12.4 Å². The van der Waals surface area contributed by atoms with Crippen molar-refractivity contribution < 1.29 is 1.37 Å². The van der Waals surface area contributed by atoms with Crippen molar-refractivity contribution in [3.05, 3.63) is 54.1 Å². The topological polar surface area (TPSA) is 55.3 Å². The summed E-state index contributed by atoms with van der Waals surface area (Å²) in [7, 11) is 0. The highest BCUT2D eigenvalue weighted by Crippen LogP contribution is 2.31. The second kappa shape index (κ2) is 4.84. The maximum absolute atomic E-state index is 8.49. The number of nitrogen functional groups attached to an aromatic ring is 2. The van der Waals surface area contributed by atoms with Crippen LogP contribution in [0.4, 0.5) is 17.1 Å². The third-order valence-corrected chi connectivity index (χ3v) is 3.63. The Morgan fingerprint density at radius 2 is 1.53 bits per heavy atom. The zero-order valence-electron chi connectivity index (χ0n) is 11.8. The molecular weight excluding hydrogens is 234 g/mol. The van der Waals surface area contributed by atoms with E-state index in [4.69, 9.17) is 12.8 Å². The highest BCUT2D eigenvalue weighted by molar-refractivity contribution is 5.54. The zero-order chi connectivity index (χ0) is 14.1. The van der Waals surface area contributed by atoms with Gasteiger partial charge in [-0.25, -0.2) is 0 Å². The van der Waals surface area contributed by atoms with Gasteiger partial charge in [0.1, 0.15) is 0 Å². The largest absolute Gasteiger partial charge is 0.399 e. The molecule has 0 radical (unpaired) electrons. The van der Waals surface area contributed by atoms with Crippen molar-refractivity contribution >= 4 is 17.1 Å². The minimum atomic E-state index is -0.262. The summed E-state index contributed by atoms with van der Waals surface area (Å²) >= 11 is 0. The normalized spacial score (nSPS) is 23.4. The summed E-state index contributed by atoms with van der Waals surface area (Å²) in [4.78, 5) is 2.13. The average molecular weight is 254 g/mol. The van der Waals surface area contributed by atoms with Crippen LogP contribution in [0.3, 0.4) is 0 Å². The van der Waals surface area contributed by atoms with E-state index in [0.29, 0.717) is 0 Å². The Labute approximate surface area is 115 Å². The van der Waals surface area contributed by atoms with Crippen LogP contribution < -0.4 is 16.4 Å². The Bertz CT molecular complexity index is 526. The summed E-state index contributed by atoms with van der Waals surface area (Å²) in [5, 5.41) is 0. The van der Waals surface area contributed by atoms with Crippen LogP contribution >= 0.6 is 0 Å². The predicted octanol–water partition coefficient (Wildman–Crippen LogP) is 2.84. The molecule has 3 rings (SSSR count). The molecule has 19 heavy (non-hydrogen) atoms. The van der Waals surface area contributed by atoms with Gasteiger partial charge in [0.25, 0.3) is 0 Å². The van der Waals surface area contributed by atoms with E-state index in [1.807, 2.05) is 48.5 Å². The molecule has 98 valence electrons. The maximum atomic E-state index is 8.49. The first-order chi connectivity index (χ1) is 9.65. The molecule has 2 aromatic rings. The van der Waals surface area contributed by atoms with Gasteiger partial charge in [0.05, 0.1) is 0 Å². The van der Waals surface area contributed by atoms with Crippen molar-refractivity contribution in [3.63, 3.8) is 0 Å². The van der Waals surface area contributed by atoms with Crippen LogP contribution in [0.2, 0.25) is 0 Å². The molecule has 0 aliphatic carbocycles. The van der Waals surface area contributed by atoms with Crippen LogP contribution in [-0.4, -0.2) is 13.1 Å². The van der Waals surface area contributed by atoms with Gasteiger partial charge < -0.3 is 16.4 Å². The third-order valence-electron chi connectivity index (χ3n) is 3.63. The van der Waals surface area contributed by atoms with Gasteiger partial charge in [0, 0.05) is 37.4 Å². The molecule has 1 heterocycles. The van der Waals surface area contributed by atoms with Gasteiger partial charge in [0.2, 0.25) is 0 Å². The monoisotopic (exact) mass is 254 g/mol. The molecule has 1 aliphatic heterocycles. The minimum Gasteiger partial charge on any atom is -0.399 e. The molecule has 2 aromatic carbocycles. The molecule has 3 nitrogen and oxygen atoms in total. The molecule has 0 aromatic heterocycles. The Hall–Kier alpha value is -2.16. The summed E-state index contributed by atoms with van der Waals surface area (Å²) in [6.45, 7) is 0.634. The fourth-order valence-corrected chi connectivity index (χ4v) is 2.52. The molecule has 1 fully saturated rings. The number of anilines is 3. The van der Waals surface area contributed by atoms with E-state index in [1.165, 1.54) is 5.56 Å². The van der Waals surface area contributed by atoms with Crippen molar-refractivity contribution in [3.8, 4) is 0 Å². The van der Waals surface area contributed by atoms with Gasteiger partial charge in [-0.3, -0.25) is 0 Å². The van der Waals surface area contributed by atoms with Gasteiger partial charge in [0.15, 0.2) is 0 Å². The van der Waals surface area contributed by atoms with E-state index >= 15 is 0 Å². The van der Waals surface area contributed by atoms with Crippen molar-refractivity contribution in [2.45, 2.75) is 12.3 Å². The van der Waals surface area contributed by atoms with Gasteiger partial charge in [-0.15, -0.1) is 0 Å². The quantitative estimate of drug-likeness (QED) is 0.810. The van der Waals surface area contributed by atoms with Crippen LogP contribution in [0.25, 0.3) is 0 Å². The Kier molecular flexibility index (Phi) is 2.74. The lowest BCUT2D eigenvalue weighted by Gasteiger charge is -2.19. The van der Waals surface area contributed by atoms with E-state index < -0.39 is 0 Å². The second-order valence-electron chi connectivity index (χ2n) is 5.00. The average Bonchev–Trinajstić information content (AvgIpc) is 2.83. The van der Waals surface area contributed by atoms with Crippen LogP contribution in [0.15, 0.2) is 48.5 Å². The van der Waals surface area contributed by atoms with Gasteiger partial charge >= 0.3 is 0 Å². The molecule has 2 unspecified atom stereocenters. The first-order valence-corrected chi connectivity index (χ1v) is 6.55. The molecule has 1 aliphatic rings. The molecule has 0 saturated carbocycles. The summed E-state index contributed by atoms with van der Waals surface area (Å²) in [6, 6.07) is 15.6. The first-order valence-electron chi connectivity index (χ1n) is 7.13. The molecule has 2 atom stereocenters. The number of nitrogens with two attached hydrogens (primary N) is 2. The van der Waals surface area contributed by atoms with Crippen molar-refractivity contribution in [2.24, 2.45) is 0 Å². The number of hydrogen-bond acceptors (Lipinski definition) is 3. The van der Waals surface area contributed by atoms with Crippen LogP contribution in [-0.2, 0) is 0 Å². The smallest absolute Gasteiger partial charge is 0.0499 e. The summed E-state index contributed by atoms with van der Waals surface area (Å²) in [6.07, 6.45) is 0.989. The lowest BCUT2D eigenvalue weighted by Crippen LogP contribution is -2.19.